The third kappa shape index (κ3) is 4.56. The van der Waals surface area contributed by atoms with Crippen LogP contribution in [0.1, 0.15) is 10.5 Å². The SMILES string of the molecule is NS(=O)(=O)c1ccc(-n2nc(C(=O)Nc3cccc(F)c3)cc2-c2ccc(F)cc2)cc1. The third-order valence-electron chi connectivity index (χ3n) is 4.57. The summed E-state index contributed by atoms with van der Waals surface area (Å²) < 4.78 is 51.3. The number of aromatic nitrogens is 2. The molecule has 0 spiro atoms. The van der Waals surface area contributed by atoms with Crippen molar-refractivity contribution in [3.8, 4) is 16.9 Å². The van der Waals surface area contributed by atoms with Crippen LogP contribution in [-0.2, 0) is 10.0 Å². The summed E-state index contributed by atoms with van der Waals surface area (Å²) in [5, 5.41) is 12.0. The first-order valence-corrected chi connectivity index (χ1v) is 10.8. The van der Waals surface area contributed by atoms with Gasteiger partial charge in [-0.25, -0.2) is 27.0 Å². The number of hydrogen-bond donors (Lipinski definition) is 2. The van der Waals surface area contributed by atoms with Crippen molar-refractivity contribution in [2.24, 2.45) is 5.14 Å². The van der Waals surface area contributed by atoms with Crippen molar-refractivity contribution < 1.29 is 22.0 Å². The van der Waals surface area contributed by atoms with Gasteiger partial charge in [0, 0.05) is 11.3 Å². The summed E-state index contributed by atoms with van der Waals surface area (Å²) in [7, 11) is -3.88. The van der Waals surface area contributed by atoms with Gasteiger partial charge in [-0.05, 0) is 72.8 Å². The molecule has 0 aliphatic carbocycles. The molecule has 0 unspecified atom stereocenters. The molecule has 0 fully saturated rings. The number of nitrogens with two attached hydrogens (primary N) is 1. The first-order valence-electron chi connectivity index (χ1n) is 9.27. The van der Waals surface area contributed by atoms with Crippen molar-refractivity contribution in [3.05, 3.63) is 96.2 Å². The summed E-state index contributed by atoms with van der Waals surface area (Å²) in [4.78, 5) is 12.6. The zero-order chi connectivity index (χ0) is 22.9. The van der Waals surface area contributed by atoms with E-state index in [2.05, 4.69) is 10.4 Å². The van der Waals surface area contributed by atoms with E-state index in [0.29, 0.717) is 16.9 Å². The van der Waals surface area contributed by atoms with Crippen LogP contribution in [0.4, 0.5) is 14.5 Å². The van der Waals surface area contributed by atoms with Crippen LogP contribution in [0.3, 0.4) is 0 Å². The smallest absolute Gasteiger partial charge is 0.276 e. The average molecular weight is 454 g/mol. The van der Waals surface area contributed by atoms with E-state index in [4.69, 9.17) is 5.14 Å². The summed E-state index contributed by atoms with van der Waals surface area (Å²) in [6.45, 7) is 0. The van der Waals surface area contributed by atoms with Gasteiger partial charge in [0.25, 0.3) is 5.91 Å². The molecular weight excluding hydrogens is 438 g/mol. The molecule has 3 aromatic carbocycles. The molecule has 0 radical (unpaired) electrons. The first-order chi connectivity index (χ1) is 15.2. The molecule has 0 saturated heterocycles. The highest BCUT2D eigenvalue weighted by Crippen LogP contribution is 2.25. The second-order valence-electron chi connectivity index (χ2n) is 6.84. The van der Waals surface area contributed by atoms with Crippen molar-refractivity contribution >= 4 is 21.6 Å². The second-order valence-corrected chi connectivity index (χ2v) is 8.40. The summed E-state index contributed by atoms with van der Waals surface area (Å²) >= 11 is 0. The van der Waals surface area contributed by atoms with E-state index in [1.54, 1.807) is 0 Å². The summed E-state index contributed by atoms with van der Waals surface area (Å²) in [6, 6.07) is 18.1. The lowest BCUT2D eigenvalue weighted by Gasteiger charge is -2.08. The minimum absolute atomic E-state index is 0.0177. The number of rotatable bonds is 5. The number of halogens is 2. The second kappa shape index (κ2) is 8.33. The number of nitrogens with one attached hydrogen (secondary N) is 1. The Kier molecular flexibility index (Phi) is 5.56. The monoisotopic (exact) mass is 454 g/mol. The minimum Gasteiger partial charge on any atom is -0.320 e. The number of carbonyl (C=O) groups is 1. The number of nitrogens with zero attached hydrogens (tertiary/aromatic N) is 2. The predicted octanol–water partition coefficient (Wildman–Crippen LogP) is 3.72. The van der Waals surface area contributed by atoms with Crippen molar-refractivity contribution in [3.63, 3.8) is 0 Å². The highest BCUT2D eigenvalue weighted by molar-refractivity contribution is 7.89. The molecule has 1 heterocycles. The maximum atomic E-state index is 13.4. The number of sulfonamides is 1. The van der Waals surface area contributed by atoms with E-state index in [9.17, 15) is 22.0 Å². The van der Waals surface area contributed by atoms with E-state index in [-0.39, 0.29) is 16.3 Å². The number of hydrogen-bond acceptors (Lipinski definition) is 4. The van der Waals surface area contributed by atoms with Gasteiger partial charge in [0.1, 0.15) is 11.6 Å². The van der Waals surface area contributed by atoms with Gasteiger partial charge in [-0.15, -0.1) is 0 Å². The molecule has 3 N–H and O–H groups in total. The molecule has 1 amide bonds. The van der Waals surface area contributed by atoms with Gasteiger partial charge in [-0.2, -0.15) is 5.10 Å². The Balaban J connectivity index is 1.76. The quantitative estimate of drug-likeness (QED) is 0.479. The zero-order valence-electron chi connectivity index (χ0n) is 16.4. The van der Waals surface area contributed by atoms with Crippen LogP contribution in [0.2, 0.25) is 0 Å². The lowest BCUT2D eigenvalue weighted by atomic mass is 10.1. The van der Waals surface area contributed by atoms with E-state index < -0.39 is 27.6 Å². The van der Waals surface area contributed by atoms with Gasteiger partial charge in [-0.3, -0.25) is 4.79 Å². The number of anilines is 1. The molecule has 4 aromatic rings. The fraction of sp³-hybridized carbons (Fsp3) is 0. The molecule has 0 saturated carbocycles. The molecule has 0 aliphatic heterocycles. The Hall–Kier alpha value is -3.89. The topological polar surface area (TPSA) is 107 Å². The Morgan fingerprint density at radius 3 is 2.22 bits per heavy atom. The van der Waals surface area contributed by atoms with Gasteiger partial charge in [0.15, 0.2) is 5.69 Å². The van der Waals surface area contributed by atoms with Crippen LogP contribution >= 0.6 is 0 Å². The van der Waals surface area contributed by atoms with E-state index >= 15 is 0 Å². The van der Waals surface area contributed by atoms with Crippen molar-refractivity contribution in [1.29, 1.82) is 0 Å². The molecule has 4 rings (SSSR count). The van der Waals surface area contributed by atoms with Crippen molar-refractivity contribution in [1.82, 2.24) is 9.78 Å². The molecule has 0 bridgehead atoms. The van der Waals surface area contributed by atoms with Crippen molar-refractivity contribution in [2.45, 2.75) is 4.90 Å². The molecule has 162 valence electrons. The highest BCUT2D eigenvalue weighted by Gasteiger charge is 2.18. The Bertz CT molecular complexity index is 1400. The third-order valence-corrected chi connectivity index (χ3v) is 5.50. The standard InChI is InChI=1S/C22H16F2N4O3S/c23-15-6-4-14(5-7-15)21-13-20(22(29)26-17-3-1-2-16(24)12-17)27-28(21)18-8-10-19(11-9-18)32(25,30)31/h1-13H,(H,26,29)(H2,25,30,31). The van der Waals surface area contributed by atoms with E-state index in [1.165, 1.54) is 83.5 Å². The fourth-order valence-corrected chi connectivity index (χ4v) is 3.57. The molecule has 0 aliphatic rings. The lowest BCUT2D eigenvalue weighted by Crippen LogP contribution is -2.13. The minimum atomic E-state index is -3.88. The molecule has 32 heavy (non-hydrogen) atoms. The molecular formula is C22H16F2N4O3S. The summed E-state index contributed by atoms with van der Waals surface area (Å²) in [6.07, 6.45) is 0. The molecule has 7 nitrogen and oxygen atoms in total. The normalized spacial score (nSPS) is 11.3. The number of primary sulfonamides is 1. The predicted molar refractivity (Wildman–Crippen MR) is 115 cm³/mol. The fourth-order valence-electron chi connectivity index (χ4n) is 3.05. The molecule has 10 heteroatoms. The first kappa shape index (κ1) is 21.3. The highest BCUT2D eigenvalue weighted by atomic mass is 32.2. The Labute approximate surface area is 182 Å². The molecule has 0 atom stereocenters. The zero-order valence-corrected chi connectivity index (χ0v) is 17.2. The summed E-state index contributed by atoms with van der Waals surface area (Å²) in [5.74, 6) is -1.52. The van der Waals surface area contributed by atoms with Crippen LogP contribution in [0, 0.1) is 11.6 Å². The van der Waals surface area contributed by atoms with E-state index in [1.807, 2.05) is 0 Å². The largest absolute Gasteiger partial charge is 0.320 e. The number of carbonyl (C=O) groups excluding carboxylic acids is 1. The lowest BCUT2D eigenvalue weighted by molar-refractivity contribution is 0.102. The van der Waals surface area contributed by atoms with Crippen LogP contribution in [0.25, 0.3) is 16.9 Å². The van der Waals surface area contributed by atoms with Gasteiger partial charge in [0.2, 0.25) is 10.0 Å². The van der Waals surface area contributed by atoms with Gasteiger partial charge >= 0.3 is 0 Å². The van der Waals surface area contributed by atoms with Gasteiger partial charge < -0.3 is 5.32 Å². The maximum absolute atomic E-state index is 13.4. The maximum Gasteiger partial charge on any atom is 0.276 e. The summed E-state index contributed by atoms with van der Waals surface area (Å²) in [5.41, 5.74) is 1.74. The van der Waals surface area contributed by atoms with Crippen LogP contribution in [-0.4, -0.2) is 24.1 Å². The van der Waals surface area contributed by atoms with Gasteiger partial charge in [0.05, 0.1) is 16.3 Å². The van der Waals surface area contributed by atoms with Gasteiger partial charge in [-0.1, -0.05) is 6.07 Å². The van der Waals surface area contributed by atoms with Crippen LogP contribution < -0.4 is 10.5 Å². The average Bonchev–Trinajstić information content (AvgIpc) is 3.19. The van der Waals surface area contributed by atoms with E-state index in [0.717, 1.165) is 0 Å². The van der Waals surface area contributed by atoms with Crippen molar-refractivity contribution in [2.75, 3.05) is 5.32 Å². The Morgan fingerprint density at radius 1 is 0.906 bits per heavy atom. The Morgan fingerprint density at radius 2 is 1.59 bits per heavy atom. The van der Waals surface area contributed by atoms with Crippen LogP contribution in [0.15, 0.2) is 83.8 Å². The number of benzene rings is 3. The van der Waals surface area contributed by atoms with Crippen LogP contribution in [0.5, 0.6) is 0 Å². The molecule has 1 aromatic heterocycles. The number of amides is 1.